The van der Waals surface area contributed by atoms with Gasteiger partial charge in [-0.2, -0.15) is 5.10 Å². The van der Waals surface area contributed by atoms with Crippen LogP contribution < -0.4 is 5.59 Å². The zero-order chi connectivity index (χ0) is 16.9. The van der Waals surface area contributed by atoms with Crippen LogP contribution in [0.15, 0.2) is 6.07 Å². The van der Waals surface area contributed by atoms with Gasteiger partial charge >= 0.3 is 13.1 Å². The van der Waals surface area contributed by atoms with Crippen molar-refractivity contribution in [3.63, 3.8) is 0 Å². The van der Waals surface area contributed by atoms with Gasteiger partial charge in [0.05, 0.1) is 23.9 Å². The molecule has 0 aliphatic carbocycles. The van der Waals surface area contributed by atoms with Gasteiger partial charge in [-0.25, -0.2) is 4.79 Å². The second-order valence-corrected chi connectivity index (χ2v) is 5.45. The fourth-order valence-corrected chi connectivity index (χ4v) is 1.73. The first-order valence-electron chi connectivity index (χ1n) is 7.43. The summed E-state index contributed by atoms with van der Waals surface area (Å²) in [6.07, 6.45) is 0. The molecule has 0 unspecified atom stereocenters. The molecule has 1 saturated heterocycles. The maximum Gasteiger partial charge on any atom is 0.514 e. The molecule has 19 heavy (non-hydrogen) atoms. The Labute approximate surface area is 117 Å². The molecule has 0 bridgehead atoms. The molecule has 0 N–H and O–H groups in total. The normalized spacial score (nSPS) is 23.6. The average Bonchev–Trinajstić information content (AvgIpc) is 2.88. The van der Waals surface area contributed by atoms with Crippen LogP contribution in [0.2, 0.25) is 0 Å². The summed E-state index contributed by atoms with van der Waals surface area (Å²) in [6, 6.07) is 1.32. The van der Waals surface area contributed by atoms with Gasteiger partial charge in [-0.1, -0.05) is 0 Å². The smallest absolute Gasteiger partial charge is 0.464 e. The highest BCUT2D eigenvalue weighted by molar-refractivity contribution is 6.61. The van der Waals surface area contributed by atoms with Crippen molar-refractivity contribution in [3.05, 3.63) is 11.8 Å². The molecule has 1 aromatic heterocycles. The minimum Gasteiger partial charge on any atom is -0.464 e. The summed E-state index contributed by atoms with van der Waals surface area (Å²) in [4.78, 5) is 11.6. The van der Waals surface area contributed by atoms with E-state index < -0.39 is 31.3 Å². The predicted octanol–water partition coefficient (Wildman–Crippen LogP) is 0.506. The largest absolute Gasteiger partial charge is 0.514 e. The molecule has 0 saturated carbocycles. The van der Waals surface area contributed by atoms with Crippen LogP contribution in [-0.2, 0) is 21.0 Å². The Morgan fingerprint density at radius 3 is 2.47 bits per heavy atom. The van der Waals surface area contributed by atoms with Gasteiger partial charge in [0.25, 0.3) is 0 Å². The number of aromatic nitrogens is 2. The number of hydrogen-bond acceptors (Lipinski definition) is 5. The highest BCUT2D eigenvalue weighted by atomic mass is 16.7. The van der Waals surface area contributed by atoms with E-state index in [4.69, 9.17) is 13.4 Å². The molecule has 2 heterocycles. The van der Waals surface area contributed by atoms with Crippen molar-refractivity contribution in [2.24, 2.45) is 6.98 Å². The van der Waals surface area contributed by atoms with E-state index in [0.29, 0.717) is 0 Å². The summed E-state index contributed by atoms with van der Waals surface area (Å²) in [5.41, 5.74) is -1.22. The monoisotopic (exact) mass is 269 g/mol. The zero-order valence-electron chi connectivity index (χ0n) is 14.7. The van der Waals surface area contributed by atoms with Crippen molar-refractivity contribution >= 4 is 18.7 Å². The molecule has 104 valence electrons. The fourth-order valence-electron chi connectivity index (χ4n) is 1.73. The van der Waals surface area contributed by atoms with E-state index in [1.165, 1.54) is 13.2 Å². The van der Waals surface area contributed by atoms with E-state index in [-0.39, 0.29) is 11.3 Å². The lowest BCUT2D eigenvalue weighted by Gasteiger charge is -2.32. The van der Waals surface area contributed by atoms with E-state index in [0.717, 1.165) is 4.68 Å². The van der Waals surface area contributed by atoms with E-state index in [9.17, 15) is 4.79 Å². The van der Waals surface area contributed by atoms with Crippen LogP contribution in [0.25, 0.3) is 0 Å². The maximum atomic E-state index is 11.6. The van der Waals surface area contributed by atoms with Crippen molar-refractivity contribution in [3.8, 4) is 0 Å². The molecule has 1 fully saturated rings. The molecule has 0 radical (unpaired) electrons. The van der Waals surface area contributed by atoms with Crippen LogP contribution in [0.4, 0.5) is 0 Å². The van der Waals surface area contributed by atoms with Gasteiger partial charge in [0.2, 0.25) is 0 Å². The third kappa shape index (κ3) is 2.28. The molecule has 6 nitrogen and oxygen atoms in total. The van der Waals surface area contributed by atoms with Crippen molar-refractivity contribution < 1.29 is 23.0 Å². The number of nitrogens with zero attached hydrogens (tertiary/aromatic N) is 2. The lowest BCUT2D eigenvalue weighted by molar-refractivity contribution is 0.00578. The van der Waals surface area contributed by atoms with Crippen LogP contribution in [0.5, 0.6) is 0 Å². The van der Waals surface area contributed by atoms with E-state index >= 15 is 0 Å². The van der Waals surface area contributed by atoms with Crippen LogP contribution in [-0.4, -0.2) is 41.2 Å². The molecule has 2 rings (SSSR count). The van der Waals surface area contributed by atoms with Gasteiger partial charge < -0.3 is 14.0 Å². The fraction of sp³-hybridized carbons (Fsp3) is 0.667. The lowest BCUT2D eigenvalue weighted by Crippen LogP contribution is -2.41. The Morgan fingerprint density at radius 2 is 2.00 bits per heavy atom. The second-order valence-electron chi connectivity index (χ2n) is 5.45. The number of rotatable bonds is 2. The molecular formula is C12H19BN2O4. The minimum atomic E-state index is -2.56. The van der Waals surface area contributed by atoms with Gasteiger partial charge in [0.15, 0.2) is 5.69 Å². The Kier molecular flexibility index (Phi) is 2.39. The molecule has 0 spiro atoms. The van der Waals surface area contributed by atoms with Crippen LogP contribution in [0.1, 0.15) is 42.3 Å². The lowest BCUT2D eigenvalue weighted by atomic mass is 9.84. The van der Waals surface area contributed by atoms with Gasteiger partial charge in [-0.3, -0.25) is 4.68 Å². The van der Waals surface area contributed by atoms with E-state index in [1.54, 1.807) is 0 Å². The summed E-state index contributed by atoms with van der Waals surface area (Å²) < 4.78 is 39.7. The molecular weight excluding hydrogens is 247 g/mol. The van der Waals surface area contributed by atoms with Gasteiger partial charge in [-0.15, -0.1) is 0 Å². The molecule has 0 atom stereocenters. The molecule has 7 heteroatoms. The van der Waals surface area contributed by atoms with Gasteiger partial charge in [0.1, 0.15) is 0 Å². The predicted molar refractivity (Wildman–Crippen MR) is 70.3 cm³/mol. The summed E-state index contributed by atoms with van der Waals surface area (Å²) in [7, 11) is 0.266. The average molecular weight is 269 g/mol. The summed E-state index contributed by atoms with van der Waals surface area (Å²) in [5, 5.41) is 3.81. The first kappa shape index (κ1) is 10.5. The van der Waals surface area contributed by atoms with Crippen molar-refractivity contribution in [1.29, 1.82) is 0 Å². The highest BCUT2D eigenvalue weighted by Crippen LogP contribution is 2.36. The van der Waals surface area contributed by atoms with E-state index in [2.05, 4.69) is 9.84 Å². The van der Waals surface area contributed by atoms with E-state index in [1.807, 2.05) is 27.7 Å². The SMILES string of the molecule is [2H]C([2H])([2H])n1nc(C(=O)OC)cc1B1OC(C)(C)C(C)(C)O1. The number of carbonyl (C=O) groups excluding carboxylic acids is 1. The van der Waals surface area contributed by atoms with Gasteiger partial charge in [0, 0.05) is 11.1 Å². The standard InChI is InChI=1S/C12H19BN2O4/c1-11(2)12(3,4)19-13(18-11)9-7-8(10(16)17-6)14-15(9)5/h7H,1-6H3/i5D3. The first-order valence-corrected chi connectivity index (χ1v) is 5.93. The first-order chi connectivity index (χ1) is 9.89. The third-order valence-corrected chi connectivity index (χ3v) is 3.63. The maximum absolute atomic E-state index is 11.6. The van der Waals surface area contributed by atoms with Crippen LogP contribution in [0.3, 0.4) is 0 Å². The summed E-state index contributed by atoms with van der Waals surface area (Å²) >= 11 is 0. The summed E-state index contributed by atoms with van der Waals surface area (Å²) in [6.45, 7) is 4.84. The number of carbonyl (C=O) groups is 1. The van der Waals surface area contributed by atoms with Crippen LogP contribution in [0, 0.1) is 0 Å². The number of aryl methyl sites for hydroxylation is 1. The molecule has 1 aliphatic heterocycles. The third-order valence-electron chi connectivity index (χ3n) is 3.63. The van der Waals surface area contributed by atoms with Crippen molar-refractivity contribution in [1.82, 2.24) is 9.78 Å². The second kappa shape index (κ2) is 4.35. The Balaban J connectivity index is 2.47. The minimum absolute atomic E-state index is 0.108. The molecule has 1 aliphatic rings. The number of hydrogen-bond donors (Lipinski definition) is 0. The number of methoxy groups -OCH3 is 1. The molecule has 0 amide bonds. The zero-order valence-corrected chi connectivity index (χ0v) is 11.7. The van der Waals surface area contributed by atoms with Crippen molar-refractivity contribution in [2.45, 2.75) is 38.9 Å². The summed E-state index contributed by atoms with van der Waals surface area (Å²) in [5.74, 6) is -0.722. The number of ether oxygens (including phenoxy) is 1. The molecule has 1 aromatic rings. The molecule has 0 aromatic carbocycles. The number of esters is 1. The Bertz CT molecular complexity index is 582. The Morgan fingerprint density at radius 1 is 1.42 bits per heavy atom. The highest BCUT2D eigenvalue weighted by Gasteiger charge is 2.52. The van der Waals surface area contributed by atoms with Crippen molar-refractivity contribution in [2.75, 3.05) is 7.11 Å². The Hall–Kier alpha value is -1.34. The van der Waals surface area contributed by atoms with Gasteiger partial charge in [-0.05, 0) is 33.8 Å². The topological polar surface area (TPSA) is 62.6 Å². The van der Waals surface area contributed by atoms with Crippen LogP contribution >= 0.6 is 0 Å². The quantitative estimate of drug-likeness (QED) is 0.578.